The SMILES string of the molecule is C[C@H](NCCCOCC(F)(F)F)c1ccccc1Br. The summed E-state index contributed by atoms with van der Waals surface area (Å²) in [6.45, 7) is 1.55. The van der Waals surface area contributed by atoms with Crippen LogP contribution in [-0.4, -0.2) is 25.9 Å². The van der Waals surface area contributed by atoms with Crippen LogP contribution >= 0.6 is 15.9 Å². The van der Waals surface area contributed by atoms with Gasteiger partial charge in [0.2, 0.25) is 0 Å². The number of ether oxygens (including phenoxy) is 1. The average Bonchev–Trinajstić information content (AvgIpc) is 2.32. The Morgan fingerprint density at radius 1 is 1.32 bits per heavy atom. The van der Waals surface area contributed by atoms with Crippen LogP contribution in [0.2, 0.25) is 0 Å². The van der Waals surface area contributed by atoms with Gasteiger partial charge in [-0.1, -0.05) is 34.1 Å². The molecule has 1 aromatic carbocycles. The Morgan fingerprint density at radius 3 is 2.63 bits per heavy atom. The Bertz CT molecular complexity index is 384. The molecule has 108 valence electrons. The van der Waals surface area contributed by atoms with Gasteiger partial charge in [0.1, 0.15) is 6.61 Å². The summed E-state index contributed by atoms with van der Waals surface area (Å²) >= 11 is 3.46. The summed E-state index contributed by atoms with van der Waals surface area (Å²) < 4.78 is 41.0. The fourth-order valence-electron chi connectivity index (χ4n) is 1.62. The molecule has 6 heteroatoms. The quantitative estimate of drug-likeness (QED) is 0.756. The fourth-order valence-corrected chi connectivity index (χ4v) is 2.25. The maximum Gasteiger partial charge on any atom is 0.411 e. The van der Waals surface area contributed by atoms with Crippen molar-refractivity contribution in [1.82, 2.24) is 5.32 Å². The summed E-state index contributed by atoms with van der Waals surface area (Å²) in [5, 5.41) is 3.25. The largest absolute Gasteiger partial charge is 0.411 e. The monoisotopic (exact) mass is 339 g/mol. The molecule has 1 atom stereocenters. The van der Waals surface area contributed by atoms with Crippen LogP contribution in [0.5, 0.6) is 0 Å². The van der Waals surface area contributed by atoms with Crippen LogP contribution in [0, 0.1) is 0 Å². The first kappa shape index (κ1) is 16.5. The average molecular weight is 340 g/mol. The Hall–Kier alpha value is -0.590. The predicted octanol–water partition coefficient (Wildman–Crippen LogP) is 4.07. The van der Waals surface area contributed by atoms with Crippen molar-refractivity contribution in [3.05, 3.63) is 34.3 Å². The molecule has 0 aliphatic rings. The van der Waals surface area contributed by atoms with Crippen LogP contribution in [0.1, 0.15) is 24.9 Å². The van der Waals surface area contributed by atoms with Crippen LogP contribution < -0.4 is 5.32 Å². The number of hydrogen-bond acceptors (Lipinski definition) is 2. The second-order valence-corrected chi connectivity index (χ2v) is 5.07. The van der Waals surface area contributed by atoms with E-state index in [-0.39, 0.29) is 12.6 Å². The van der Waals surface area contributed by atoms with Gasteiger partial charge in [-0.25, -0.2) is 0 Å². The third kappa shape index (κ3) is 6.94. The predicted molar refractivity (Wildman–Crippen MR) is 72.1 cm³/mol. The van der Waals surface area contributed by atoms with E-state index in [1.54, 1.807) is 0 Å². The van der Waals surface area contributed by atoms with Crippen LogP contribution in [-0.2, 0) is 4.74 Å². The van der Waals surface area contributed by atoms with E-state index in [1.807, 2.05) is 31.2 Å². The van der Waals surface area contributed by atoms with Gasteiger partial charge in [-0.15, -0.1) is 0 Å². The number of hydrogen-bond donors (Lipinski definition) is 1. The Balaban J connectivity index is 2.18. The number of halogens is 4. The summed E-state index contributed by atoms with van der Waals surface area (Å²) in [5.74, 6) is 0. The molecule has 0 aliphatic heterocycles. The fraction of sp³-hybridized carbons (Fsp3) is 0.538. The molecule has 1 N–H and O–H groups in total. The first-order valence-corrected chi connectivity index (χ1v) is 6.82. The van der Waals surface area contributed by atoms with E-state index in [9.17, 15) is 13.2 Å². The lowest BCUT2D eigenvalue weighted by Gasteiger charge is -2.16. The van der Waals surface area contributed by atoms with Gasteiger partial charge in [-0.05, 0) is 31.5 Å². The normalized spacial score (nSPS) is 13.5. The van der Waals surface area contributed by atoms with Gasteiger partial charge < -0.3 is 10.1 Å². The molecule has 0 aliphatic carbocycles. The minimum atomic E-state index is -4.24. The molecule has 19 heavy (non-hydrogen) atoms. The molecule has 0 radical (unpaired) electrons. The zero-order valence-corrected chi connectivity index (χ0v) is 12.2. The molecule has 1 rings (SSSR count). The van der Waals surface area contributed by atoms with Gasteiger partial charge in [-0.2, -0.15) is 13.2 Å². The maximum absolute atomic E-state index is 11.8. The van der Waals surface area contributed by atoms with E-state index in [0.29, 0.717) is 13.0 Å². The highest BCUT2D eigenvalue weighted by Crippen LogP contribution is 2.22. The lowest BCUT2D eigenvalue weighted by molar-refractivity contribution is -0.173. The minimum absolute atomic E-state index is 0.106. The highest BCUT2D eigenvalue weighted by Gasteiger charge is 2.27. The zero-order valence-electron chi connectivity index (χ0n) is 10.6. The molecule has 0 spiro atoms. The molecule has 1 aromatic rings. The van der Waals surface area contributed by atoms with Crippen LogP contribution in [0.15, 0.2) is 28.7 Å². The lowest BCUT2D eigenvalue weighted by Crippen LogP contribution is -2.22. The van der Waals surface area contributed by atoms with E-state index < -0.39 is 12.8 Å². The van der Waals surface area contributed by atoms with Gasteiger partial charge in [0.15, 0.2) is 0 Å². The molecule has 0 bridgehead atoms. The molecule has 0 saturated heterocycles. The van der Waals surface area contributed by atoms with Gasteiger partial charge in [0.25, 0.3) is 0 Å². The van der Waals surface area contributed by atoms with Crippen molar-refractivity contribution in [1.29, 1.82) is 0 Å². The second-order valence-electron chi connectivity index (χ2n) is 4.22. The number of alkyl halides is 3. The topological polar surface area (TPSA) is 21.3 Å². The molecule has 0 fully saturated rings. The lowest BCUT2D eigenvalue weighted by atomic mass is 10.1. The molecular weight excluding hydrogens is 323 g/mol. The van der Waals surface area contributed by atoms with E-state index in [0.717, 1.165) is 10.0 Å². The second kappa shape index (κ2) is 7.87. The van der Waals surface area contributed by atoms with Crippen molar-refractivity contribution < 1.29 is 17.9 Å². The van der Waals surface area contributed by atoms with Crippen LogP contribution in [0.3, 0.4) is 0 Å². The van der Waals surface area contributed by atoms with Crippen LogP contribution in [0.4, 0.5) is 13.2 Å². The summed E-state index contributed by atoms with van der Waals surface area (Å²) in [7, 11) is 0. The van der Waals surface area contributed by atoms with E-state index >= 15 is 0 Å². The number of rotatable bonds is 7. The van der Waals surface area contributed by atoms with Crippen molar-refractivity contribution >= 4 is 15.9 Å². The summed E-state index contributed by atoms with van der Waals surface area (Å²) in [6, 6.07) is 7.98. The smallest absolute Gasteiger partial charge is 0.372 e. The molecule has 0 saturated carbocycles. The van der Waals surface area contributed by atoms with Crippen molar-refractivity contribution in [3.63, 3.8) is 0 Å². The van der Waals surface area contributed by atoms with Crippen molar-refractivity contribution in [2.75, 3.05) is 19.8 Å². The highest BCUT2D eigenvalue weighted by molar-refractivity contribution is 9.10. The summed E-state index contributed by atoms with van der Waals surface area (Å²) in [5.41, 5.74) is 1.12. The highest BCUT2D eigenvalue weighted by atomic mass is 79.9. The third-order valence-electron chi connectivity index (χ3n) is 2.55. The van der Waals surface area contributed by atoms with Gasteiger partial charge >= 0.3 is 6.18 Å². The molecule has 2 nitrogen and oxygen atoms in total. The van der Waals surface area contributed by atoms with E-state index in [4.69, 9.17) is 0 Å². The number of nitrogens with one attached hydrogen (secondary N) is 1. The standard InChI is InChI=1S/C13H17BrF3NO/c1-10(11-5-2-3-6-12(11)14)18-7-4-8-19-9-13(15,16)17/h2-3,5-6,10,18H,4,7-9H2,1H3/t10-/m0/s1. The van der Waals surface area contributed by atoms with Crippen molar-refractivity contribution in [2.24, 2.45) is 0 Å². The Labute approximate surface area is 119 Å². The Morgan fingerprint density at radius 2 is 2.00 bits per heavy atom. The van der Waals surface area contributed by atoms with Gasteiger partial charge in [-0.3, -0.25) is 0 Å². The van der Waals surface area contributed by atoms with Crippen LogP contribution in [0.25, 0.3) is 0 Å². The maximum atomic E-state index is 11.8. The molecule has 0 aromatic heterocycles. The van der Waals surface area contributed by atoms with Crippen molar-refractivity contribution in [3.8, 4) is 0 Å². The van der Waals surface area contributed by atoms with Crippen molar-refractivity contribution in [2.45, 2.75) is 25.6 Å². The first-order valence-electron chi connectivity index (χ1n) is 6.02. The summed E-state index contributed by atoms with van der Waals surface area (Å²) in [4.78, 5) is 0. The van der Waals surface area contributed by atoms with Gasteiger partial charge in [0, 0.05) is 17.1 Å². The molecule has 0 heterocycles. The zero-order chi connectivity index (χ0) is 14.3. The van der Waals surface area contributed by atoms with E-state index in [1.165, 1.54) is 0 Å². The third-order valence-corrected chi connectivity index (χ3v) is 3.28. The Kier molecular flexibility index (Phi) is 6.82. The van der Waals surface area contributed by atoms with Gasteiger partial charge in [0.05, 0.1) is 0 Å². The summed E-state index contributed by atoms with van der Waals surface area (Å²) in [6.07, 6.45) is -3.69. The first-order chi connectivity index (χ1) is 8.90. The minimum Gasteiger partial charge on any atom is -0.372 e. The van der Waals surface area contributed by atoms with E-state index in [2.05, 4.69) is 26.0 Å². The number of benzene rings is 1. The molecule has 0 unspecified atom stereocenters. The molecular formula is C13H17BrF3NO. The molecule has 0 amide bonds.